The van der Waals surface area contributed by atoms with Crippen molar-refractivity contribution in [2.24, 2.45) is 0 Å². The van der Waals surface area contributed by atoms with Gasteiger partial charge in [0.25, 0.3) is 0 Å². The molecule has 0 spiro atoms. The summed E-state index contributed by atoms with van der Waals surface area (Å²) in [5.74, 6) is 5.10. The molecule has 0 aromatic heterocycles. The zero-order valence-electron chi connectivity index (χ0n) is 16.9. The highest BCUT2D eigenvalue weighted by atomic mass is 33.1. The van der Waals surface area contributed by atoms with Crippen molar-refractivity contribution in [2.75, 3.05) is 65.7 Å². The minimum Gasteiger partial charge on any atom is -0.368 e. The molecule has 0 saturated carbocycles. The van der Waals surface area contributed by atoms with E-state index in [1.54, 1.807) is 0 Å². The molecule has 0 aliphatic carbocycles. The van der Waals surface area contributed by atoms with Gasteiger partial charge in [0.05, 0.1) is 23.7 Å². The lowest BCUT2D eigenvalue weighted by molar-refractivity contribution is 0.154. The van der Waals surface area contributed by atoms with Gasteiger partial charge in [-0.2, -0.15) is 0 Å². The molecule has 0 radical (unpaired) electrons. The van der Waals surface area contributed by atoms with Gasteiger partial charge >= 0.3 is 0 Å². The molecular weight excluding hydrogens is 364 g/mol. The van der Waals surface area contributed by atoms with Gasteiger partial charge in [-0.1, -0.05) is 61.1 Å². The molecule has 0 amide bonds. The van der Waals surface area contributed by atoms with Crippen LogP contribution in [0.2, 0.25) is 0 Å². The molecule has 4 nitrogen and oxygen atoms in total. The van der Waals surface area contributed by atoms with E-state index in [1.165, 1.54) is 0 Å². The average molecular weight is 401 g/mol. The van der Waals surface area contributed by atoms with Crippen molar-refractivity contribution in [1.82, 2.24) is 9.80 Å². The third-order valence-electron chi connectivity index (χ3n) is 4.02. The molecule has 26 heavy (non-hydrogen) atoms. The first kappa shape index (κ1) is 25.7. The summed E-state index contributed by atoms with van der Waals surface area (Å²) >= 11 is 0. The van der Waals surface area contributed by atoms with Gasteiger partial charge in [0, 0.05) is 13.1 Å². The molecule has 0 aliphatic rings. The highest BCUT2D eigenvalue weighted by Crippen LogP contribution is 2.32. The molecule has 0 aromatic carbocycles. The maximum Gasteiger partial charge on any atom is 0.107 e. The van der Waals surface area contributed by atoms with E-state index < -0.39 is 0 Å². The molecule has 0 bridgehead atoms. The Morgan fingerprint density at radius 2 is 1.08 bits per heavy atom. The van der Waals surface area contributed by atoms with E-state index in [0.29, 0.717) is 36.9 Å². The third kappa shape index (κ3) is 12.9. The number of hydrogen-bond donors (Lipinski definition) is 0. The van der Waals surface area contributed by atoms with Gasteiger partial charge in [-0.3, -0.25) is 0 Å². The molecule has 0 fully saturated rings. The summed E-state index contributed by atoms with van der Waals surface area (Å²) in [6.07, 6.45) is 10.6. The summed E-state index contributed by atoms with van der Waals surface area (Å²) in [5.41, 5.74) is 0. The zero-order chi connectivity index (χ0) is 19.6. The fourth-order valence-corrected chi connectivity index (χ4v) is 5.22. The van der Waals surface area contributed by atoms with E-state index in [2.05, 4.69) is 49.3 Å². The van der Waals surface area contributed by atoms with E-state index in [0.717, 1.165) is 39.3 Å². The molecule has 0 heterocycles. The summed E-state index contributed by atoms with van der Waals surface area (Å²) in [7, 11) is 3.77. The second-order valence-corrected chi connectivity index (χ2v) is 8.72. The van der Waals surface area contributed by atoms with Crippen LogP contribution in [0.1, 0.15) is 27.7 Å². The lowest BCUT2D eigenvalue weighted by Gasteiger charge is -2.28. The lowest BCUT2D eigenvalue weighted by Crippen LogP contribution is -2.35. The van der Waals surface area contributed by atoms with E-state index >= 15 is 0 Å². The van der Waals surface area contributed by atoms with Crippen LogP contribution in [0.5, 0.6) is 0 Å². The minimum atomic E-state index is 0.369. The first-order valence-electron chi connectivity index (χ1n) is 9.44. The average Bonchev–Trinajstić information content (AvgIpc) is 2.67. The van der Waals surface area contributed by atoms with Crippen molar-refractivity contribution in [3.05, 3.63) is 0 Å². The van der Waals surface area contributed by atoms with Crippen molar-refractivity contribution in [2.45, 2.75) is 38.2 Å². The Hall–Kier alpha value is -0.340. The Labute approximate surface area is 169 Å². The quantitative estimate of drug-likeness (QED) is 0.211. The minimum absolute atomic E-state index is 0.369. The van der Waals surface area contributed by atoms with Crippen LogP contribution in [0.15, 0.2) is 0 Å². The van der Waals surface area contributed by atoms with Crippen LogP contribution >= 0.6 is 21.6 Å². The molecule has 0 saturated heterocycles. The van der Waals surface area contributed by atoms with Gasteiger partial charge in [-0.25, -0.2) is 0 Å². The third-order valence-corrected chi connectivity index (χ3v) is 7.21. The highest BCUT2D eigenvalue weighted by Gasteiger charge is 2.19. The molecule has 2 unspecified atom stereocenters. The van der Waals surface area contributed by atoms with Crippen LogP contribution in [0, 0.1) is 24.7 Å². The van der Waals surface area contributed by atoms with Crippen molar-refractivity contribution in [3.8, 4) is 24.7 Å². The largest absolute Gasteiger partial charge is 0.368 e. The Kier molecular flexibility index (Phi) is 17.8. The molecule has 2 atom stereocenters. The van der Waals surface area contributed by atoms with Crippen LogP contribution in [0.4, 0.5) is 0 Å². The first-order chi connectivity index (χ1) is 12.6. The number of hydrogen-bond acceptors (Lipinski definition) is 6. The second-order valence-electron chi connectivity index (χ2n) is 5.85. The first-order valence-corrected chi connectivity index (χ1v) is 11.7. The van der Waals surface area contributed by atoms with Crippen LogP contribution < -0.4 is 0 Å². The summed E-state index contributed by atoms with van der Waals surface area (Å²) < 4.78 is 11.2. The van der Waals surface area contributed by atoms with Gasteiger partial charge < -0.3 is 19.3 Å². The Morgan fingerprint density at radius 3 is 1.35 bits per heavy atom. The molecule has 0 aromatic rings. The summed E-state index contributed by atoms with van der Waals surface area (Å²) in [5, 5.41) is 0.750. The molecular formula is C20H36N2O2S2. The molecule has 6 heteroatoms. The number of nitrogens with zero attached hydrogens (tertiary/aromatic N) is 2. The SMILES string of the molecule is C#CCOCC(CN(CC)CC)SSC(COCC#C)CN(CC)CC. The highest BCUT2D eigenvalue weighted by molar-refractivity contribution is 8.77. The summed E-state index contributed by atoms with van der Waals surface area (Å²) in [4.78, 5) is 4.84. The van der Waals surface area contributed by atoms with E-state index in [4.69, 9.17) is 22.3 Å². The fraction of sp³-hybridized carbons (Fsp3) is 0.800. The maximum atomic E-state index is 5.62. The molecule has 0 N–H and O–H groups in total. The standard InChI is InChI=1S/C20H36N2O2S2/c1-7-13-23-17-19(15-21(9-3)10-4)25-26-20(18-24-14-8-2)16-22(11-5)12-6/h1-2,19-20H,9-18H2,3-6H3. The van der Waals surface area contributed by atoms with Gasteiger partial charge in [0.2, 0.25) is 0 Å². The van der Waals surface area contributed by atoms with E-state index in [1.807, 2.05) is 21.6 Å². The zero-order valence-corrected chi connectivity index (χ0v) is 18.5. The van der Waals surface area contributed by atoms with Crippen LogP contribution in [-0.2, 0) is 9.47 Å². The van der Waals surface area contributed by atoms with Crippen molar-refractivity contribution in [1.29, 1.82) is 0 Å². The molecule has 0 aliphatic heterocycles. The van der Waals surface area contributed by atoms with E-state index in [9.17, 15) is 0 Å². The van der Waals surface area contributed by atoms with Crippen molar-refractivity contribution >= 4 is 21.6 Å². The van der Waals surface area contributed by atoms with Crippen LogP contribution in [0.25, 0.3) is 0 Å². The second kappa shape index (κ2) is 18.0. The van der Waals surface area contributed by atoms with Crippen LogP contribution in [0.3, 0.4) is 0 Å². The lowest BCUT2D eigenvalue weighted by atomic mass is 10.4. The van der Waals surface area contributed by atoms with Gasteiger partial charge in [-0.05, 0) is 26.2 Å². The molecule has 0 rings (SSSR count). The Balaban J connectivity index is 4.69. The summed E-state index contributed by atoms with van der Waals surface area (Å²) in [6, 6.07) is 0. The number of terminal acetylenes is 2. The monoisotopic (exact) mass is 400 g/mol. The Morgan fingerprint density at radius 1 is 0.731 bits per heavy atom. The van der Waals surface area contributed by atoms with Crippen molar-refractivity contribution in [3.63, 3.8) is 0 Å². The fourth-order valence-electron chi connectivity index (χ4n) is 2.42. The van der Waals surface area contributed by atoms with Gasteiger partial charge in [0.15, 0.2) is 0 Å². The number of ether oxygens (including phenoxy) is 2. The van der Waals surface area contributed by atoms with Gasteiger partial charge in [0.1, 0.15) is 13.2 Å². The normalized spacial score (nSPS) is 13.5. The predicted octanol–water partition coefficient (Wildman–Crippen LogP) is 3.09. The maximum absolute atomic E-state index is 5.62. The van der Waals surface area contributed by atoms with Crippen LogP contribution in [-0.4, -0.2) is 86.0 Å². The predicted molar refractivity (Wildman–Crippen MR) is 118 cm³/mol. The number of rotatable bonds is 17. The molecule has 150 valence electrons. The topological polar surface area (TPSA) is 24.9 Å². The van der Waals surface area contributed by atoms with Gasteiger partial charge in [-0.15, -0.1) is 12.8 Å². The van der Waals surface area contributed by atoms with E-state index in [-0.39, 0.29) is 0 Å². The smallest absolute Gasteiger partial charge is 0.107 e. The Bertz CT molecular complexity index is 364. The van der Waals surface area contributed by atoms with Crippen molar-refractivity contribution < 1.29 is 9.47 Å². The summed E-state index contributed by atoms with van der Waals surface area (Å²) in [6.45, 7) is 17.0.